The van der Waals surface area contributed by atoms with Crippen molar-refractivity contribution < 1.29 is 37.1 Å². The van der Waals surface area contributed by atoms with Gasteiger partial charge >= 0.3 is 6.09 Å². The first kappa shape index (κ1) is 32.9. The van der Waals surface area contributed by atoms with Crippen LogP contribution in [0.2, 0.25) is 0 Å². The molecule has 5 atom stereocenters. The monoisotopic (exact) mass is 623 g/mol. The number of nitrogens with one attached hydrogen (secondary N) is 3. The first-order chi connectivity index (χ1) is 20.0. The van der Waals surface area contributed by atoms with Gasteiger partial charge in [0.2, 0.25) is 15.9 Å². The molecule has 4 amide bonds. The zero-order valence-corrected chi connectivity index (χ0v) is 26.7. The second kappa shape index (κ2) is 12.2. The van der Waals surface area contributed by atoms with Gasteiger partial charge in [0.05, 0.1) is 10.9 Å². The van der Waals surface area contributed by atoms with Crippen LogP contribution in [0.5, 0.6) is 0 Å². The van der Waals surface area contributed by atoms with Crippen molar-refractivity contribution >= 4 is 39.5 Å². The highest BCUT2D eigenvalue weighted by Gasteiger charge is 2.63. The summed E-state index contributed by atoms with van der Waals surface area (Å²) in [7, 11) is -3.92. The van der Waals surface area contributed by atoms with Crippen molar-refractivity contribution in [2.24, 2.45) is 11.0 Å². The van der Waals surface area contributed by atoms with Gasteiger partial charge in [0, 0.05) is 12.5 Å². The van der Waals surface area contributed by atoms with Gasteiger partial charge in [-0.1, -0.05) is 19.1 Å². The third kappa shape index (κ3) is 7.39. The number of rotatable bonds is 5. The lowest BCUT2D eigenvalue weighted by molar-refractivity contribution is -0.136. The Bertz CT molecular complexity index is 1300. The van der Waals surface area contributed by atoms with Gasteiger partial charge in [-0.05, 0) is 86.0 Å². The molecule has 2 aliphatic heterocycles. The van der Waals surface area contributed by atoms with Gasteiger partial charge < -0.3 is 19.7 Å². The number of fused-ring (bicyclic) bond motifs is 2. The molecule has 0 aromatic heterocycles. The van der Waals surface area contributed by atoms with Crippen LogP contribution in [0.4, 0.5) is 4.79 Å². The molecule has 13 nitrogen and oxygen atoms in total. The number of hydrogen-bond acceptors (Lipinski definition) is 9. The Balaban J connectivity index is 1.63. The summed E-state index contributed by atoms with van der Waals surface area (Å²) in [5.74, 6) is -2.29. The van der Waals surface area contributed by atoms with Crippen LogP contribution in [0.3, 0.4) is 0 Å². The quantitative estimate of drug-likeness (QED) is 0.309. The van der Waals surface area contributed by atoms with Crippen molar-refractivity contribution in [1.29, 1.82) is 0 Å². The molecule has 2 saturated carbocycles. The maximum atomic E-state index is 14.0. The van der Waals surface area contributed by atoms with Crippen molar-refractivity contribution in [2.75, 3.05) is 6.54 Å². The van der Waals surface area contributed by atoms with Crippen molar-refractivity contribution in [2.45, 2.75) is 127 Å². The summed E-state index contributed by atoms with van der Waals surface area (Å²) in [6.07, 6.45) is 5.43. The molecule has 43 heavy (non-hydrogen) atoms. The van der Waals surface area contributed by atoms with E-state index in [4.69, 9.17) is 9.47 Å². The molecule has 1 saturated heterocycles. The number of allylic oxidation sites excluding steroid dienone is 1. The molecule has 0 radical (unpaired) electrons. The Labute approximate surface area is 253 Å². The summed E-state index contributed by atoms with van der Waals surface area (Å²) in [4.78, 5) is 54.9. The molecule has 2 aliphatic carbocycles. The van der Waals surface area contributed by atoms with Crippen LogP contribution in [0.15, 0.2) is 17.3 Å². The van der Waals surface area contributed by atoms with E-state index in [2.05, 4.69) is 20.6 Å². The van der Waals surface area contributed by atoms with Gasteiger partial charge in [-0.2, -0.15) is 5.10 Å². The number of hydrogen-bond donors (Lipinski definition) is 3. The average molecular weight is 624 g/mol. The highest BCUT2D eigenvalue weighted by molar-refractivity contribution is 7.91. The molecule has 4 aliphatic rings. The van der Waals surface area contributed by atoms with Crippen molar-refractivity contribution in [3.63, 3.8) is 0 Å². The summed E-state index contributed by atoms with van der Waals surface area (Å²) in [6.45, 7) is 10.7. The lowest BCUT2D eigenvalue weighted by Crippen LogP contribution is -2.58. The molecule has 14 heteroatoms. The third-order valence-electron chi connectivity index (χ3n) is 8.48. The van der Waals surface area contributed by atoms with Crippen LogP contribution in [0, 0.1) is 5.92 Å². The highest BCUT2D eigenvalue weighted by Crippen LogP contribution is 2.47. The average Bonchev–Trinajstić information content (AvgIpc) is 3.76. The van der Waals surface area contributed by atoms with E-state index < -0.39 is 67.8 Å². The Morgan fingerprint density at radius 2 is 1.93 bits per heavy atom. The molecule has 0 spiro atoms. The Morgan fingerprint density at radius 1 is 1.23 bits per heavy atom. The molecular formula is C29H45N5O8S. The molecular weight excluding hydrogens is 578 g/mol. The van der Waals surface area contributed by atoms with Gasteiger partial charge in [0.15, 0.2) is 5.71 Å². The maximum absolute atomic E-state index is 14.0. The summed E-state index contributed by atoms with van der Waals surface area (Å²) < 4.78 is 38.5. The summed E-state index contributed by atoms with van der Waals surface area (Å²) in [5, 5.41) is 6.97. The van der Waals surface area contributed by atoms with Gasteiger partial charge in [-0.15, -0.1) is 0 Å². The number of ether oxygens (including phenoxy) is 2. The fraction of sp³-hybridized carbons (Fsp3) is 0.759. The Morgan fingerprint density at radius 3 is 2.56 bits per heavy atom. The van der Waals surface area contributed by atoms with Crippen molar-refractivity contribution in [1.82, 2.24) is 20.4 Å². The Hall–Kier alpha value is -3.00. The predicted octanol–water partition coefficient (Wildman–Crippen LogP) is 2.27. The lowest BCUT2D eigenvalue weighted by atomic mass is 10.1. The molecule has 240 valence electrons. The summed E-state index contributed by atoms with van der Waals surface area (Å²) >= 11 is 0. The summed E-state index contributed by atoms with van der Waals surface area (Å²) in [6, 6.07) is -0.924. The van der Waals surface area contributed by atoms with Gasteiger partial charge in [0.1, 0.15) is 23.3 Å². The molecule has 3 fully saturated rings. The number of sulfonamides is 1. The van der Waals surface area contributed by atoms with E-state index in [9.17, 15) is 27.6 Å². The van der Waals surface area contributed by atoms with E-state index in [0.29, 0.717) is 44.9 Å². The number of amides is 4. The fourth-order valence-electron chi connectivity index (χ4n) is 5.45. The van der Waals surface area contributed by atoms with Crippen LogP contribution in [0.25, 0.3) is 0 Å². The predicted molar refractivity (Wildman–Crippen MR) is 158 cm³/mol. The largest absolute Gasteiger partial charge is 0.443 e. The van der Waals surface area contributed by atoms with Crippen LogP contribution in [0.1, 0.15) is 92.9 Å². The third-order valence-corrected chi connectivity index (χ3v) is 10.6. The minimum absolute atomic E-state index is 0.0640. The molecule has 0 bridgehead atoms. The van der Waals surface area contributed by atoms with E-state index >= 15 is 0 Å². The van der Waals surface area contributed by atoms with Gasteiger partial charge in [-0.25, -0.2) is 18.6 Å². The van der Waals surface area contributed by atoms with E-state index in [-0.39, 0.29) is 24.8 Å². The van der Waals surface area contributed by atoms with E-state index in [1.54, 1.807) is 27.7 Å². The zero-order valence-electron chi connectivity index (χ0n) is 25.9. The van der Waals surface area contributed by atoms with Gasteiger partial charge in [0.25, 0.3) is 11.8 Å². The van der Waals surface area contributed by atoms with Gasteiger partial charge in [-0.3, -0.25) is 19.1 Å². The number of carbonyl (C=O) groups is 4. The van der Waals surface area contributed by atoms with E-state index in [1.165, 1.54) is 4.90 Å². The van der Waals surface area contributed by atoms with Crippen LogP contribution < -0.4 is 15.5 Å². The SMILES string of the molecule is CCC1OC(C)CCC=CC2CC2(C(=O)NS(=O)(=O)C2(C)CC2)NC(=O)C2CCCN2C(=O)C1=NNC(=O)OC(C)(C)C. The number of nitrogens with zero attached hydrogens (tertiary/aromatic N) is 2. The second-order valence-corrected chi connectivity index (χ2v) is 15.5. The maximum Gasteiger partial charge on any atom is 0.428 e. The van der Waals surface area contributed by atoms with Crippen molar-refractivity contribution in [3.8, 4) is 0 Å². The first-order valence-electron chi connectivity index (χ1n) is 15.1. The number of hydrazone groups is 1. The Kier molecular flexibility index (Phi) is 9.32. The highest BCUT2D eigenvalue weighted by atomic mass is 32.2. The minimum Gasteiger partial charge on any atom is -0.443 e. The molecule has 2 heterocycles. The van der Waals surface area contributed by atoms with Crippen molar-refractivity contribution in [3.05, 3.63) is 12.2 Å². The van der Waals surface area contributed by atoms with Crippen LogP contribution >= 0.6 is 0 Å². The van der Waals surface area contributed by atoms with Crippen LogP contribution in [-0.2, 0) is 33.9 Å². The number of carbonyl (C=O) groups excluding carboxylic acids is 4. The zero-order chi connectivity index (χ0) is 31.8. The standard InChI is InChI=1S/C29H45N5O8S/c1-7-21-22(31-32-26(38)42-27(3,4)5)24(36)34-16-10-13-20(34)23(35)30-29(17-19(29)12-9-8-11-18(2)41-21)25(37)33-43(39,40)28(6)14-15-28/h9,12,18-21H,7-8,10-11,13-17H2,1-6H3,(H,30,35)(H,32,38)(H,33,37). The van der Waals surface area contributed by atoms with E-state index in [1.807, 2.05) is 26.0 Å². The molecule has 3 N–H and O–H groups in total. The minimum atomic E-state index is -3.92. The lowest BCUT2D eigenvalue weighted by Gasteiger charge is -2.29. The normalized spacial score (nSPS) is 32.0. The fourth-order valence-corrected chi connectivity index (χ4v) is 6.77. The summed E-state index contributed by atoms with van der Waals surface area (Å²) in [5.41, 5.74) is 0.0213. The molecule has 0 aromatic rings. The smallest absolute Gasteiger partial charge is 0.428 e. The topological polar surface area (TPSA) is 173 Å². The second-order valence-electron chi connectivity index (χ2n) is 13.3. The van der Waals surface area contributed by atoms with E-state index in [0.717, 1.165) is 0 Å². The first-order valence-corrected chi connectivity index (χ1v) is 16.6. The molecule has 4 rings (SSSR count). The molecule has 5 unspecified atom stereocenters. The van der Waals surface area contributed by atoms with Crippen LogP contribution in [-0.4, -0.2) is 83.5 Å². The molecule has 0 aromatic carbocycles.